The van der Waals surface area contributed by atoms with Crippen molar-refractivity contribution in [2.24, 2.45) is 5.73 Å². The molecule has 31 heavy (non-hydrogen) atoms. The lowest BCUT2D eigenvalue weighted by atomic mass is 10.1. The summed E-state index contributed by atoms with van der Waals surface area (Å²) in [4.78, 5) is 24.0. The number of nitrogens with two attached hydrogens (primary N) is 1. The minimum atomic E-state index is -3.61. The Balaban J connectivity index is 1.92. The Kier molecular flexibility index (Phi) is 6.30. The van der Waals surface area contributed by atoms with Gasteiger partial charge in [-0.15, -0.1) is 0 Å². The molecule has 2 heterocycles. The first-order valence-corrected chi connectivity index (χ1v) is 10.8. The highest BCUT2D eigenvalue weighted by atomic mass is 32.2. The van der Waals surface area contributed by atoms with Gasteiger partial charge in [-0.25, -0.2) is 22.8 Å². The average Bonchev–Trinajstić information content (AvgIpc) is 2.72. The van der Waals surface area contributed by atoms with Gasteiger partial charge in [0.1, 0.15) is 17.5 Å². The van der Waals surface area contributed by atoms with Gasteiger partial charge in [0, 0.05) is 43.8 Å². The van der Waals surface area contributed by atoms with Gasteiger partial charge in [-0.1, -0.05) is 6.07 Å². The van der Waals surface area contributed by atoms with Gasteiger partial charge in [-0.2, -0.15) is 0 Å². The topological polar surface area (TPSA) is 143 Å². The molecule has 0 saturated carbocycles. The molecular formula is C19H20FN7O3S. The Bertz CT molecular complexity index is 1210. The highest BCUT2D eigenvalue weighted by molar-refractivity contribution is 7.92. The SMILES string of the molecule is CN(c1cccc(F)c1CNc1cc(Nc2cnccn2)ncc1C(N)=O)S(C)(=O)=O. The molecule has 0 fully saturated rings. The molecule has 0 spiro atoms. The number of nitrogens with one attached hydrogen (secondary N) is 2. The van der Waals surface area contributed by atoms with Crippen molar-refractivity contribution >= 4 is 38.9 Å². The highest BCUT2D eigenvalue weighted by Gasteiger charge is 2.19. The molecule has 4 N–H and O–H groups in total. The van der Waals surface area contributed by atoms with Crippen LogP contribution in [-0.2, 0) is 16.6 Å². The van der Waals surface area contributed by atoms with Gasteiger partial charge in [0.05, 0.1) is 29.4 Å². The average molecular weight is 445 g/mol. The van der Waals surface area contributed by atoms with Gasteiger partial charge in [0.15, 0.2) is 0 Å². The third-order valence-corrected chi connectivity index (χ3v) is 5.57. The first-order chi connectivity index (χ1) is 14.7. The van der Waals surface area contributed by atoms with Crippen LogP contribution in [0.15, 0.2) is 49.1 Å². The van der Waals surface area contributed by atoms with Crippen LogP contribution < -0.4 is 20.7 Å². The van der Waals surface area contributed by atoms with Crippen LogP contribution in [0.25, 0.3) is 0 Å². The van der Waals surface area contributed by atoms with Crippen molar-refractivity contribution in [2.45, 2.75) is 6.54 Å². The van der Waals surface area contributed by atoms with Gasteiger partial charge in [0.25, 0.3) is 5.91 Å². The molecule has 1 aromatic carbocycles. The normalized spacial score (nSPS) is 11.1. The smallest absolute Gasteiger partial charge is 0.252 e. The summed E-state index contributed by atoms with van der Waals surface area (Å²) in [6.07, 6.45) is 6.80. The van der Waals surface area contributed by atoms with Crippen LogP contribution in [0.3, 0.4) is 0 Å². The molecule has 3 rings (SSSR count). The lowest BCUT2D eigenvalue weighted by Crippen LogP contribution is -2.26. The summed E-state index contributed by atoms with van der Waals surface area (Å²) in [5, 5.41) is 5.88. The van der Waals surface area contributed by atoms with Crippen molar-refractivity contribution in [1.82, 2.24) is 15.0 Å². The standard InChI is InChI=1S/C19H20FN7O3S/c1-27(31(2,29)30)16-5-3-4-14(20)12(16)9-24-15-8-17(25-10-13(15)19(21)28)26-18-11-22-6-7-23-18/h3-8,10-11H,9H2,1-2H3,(H2,21,28)(H2,23,24,25,26). The summed E-state index contributed by atoms with van der Waals surface area (Å²) >= 11 is 0. The number of amides is 1. The number of hydrogen-bond donors (Lipinski definition) is 3. The molecule has 3 aromatic rings. The van der Waals surface area contributed by atoms with E-state index in [1.54, 1.807) is 0 Å². The van der Waals surface area contributed by atoms with Gasteiger partial charge in [0.2, 0.25) is 10.0 Å². The lowest BCUT2D eigenvalue weighted by molar-refractivity contribution is 0.100. The first kappa shape index (κ1) is 21.9. The zero-order chi connectivity index (χ0) is 22.6. The molecule has 10 nitrogen and oxygen atoms in total. The number of carbonyl (C=O) groups is 1. The summed E-state index contributed by atoms with van der Waals surface area (Å²) in [6, 6.07) is 5.64. The molecule has 0 aliphatic heterocycles. The van der Waals surface area contributed by atoms with Crippen LogP contribution in [0.2, 0.25) is 0 Å². The largest absolute Gasteiger partial charge is 0.380 e. The maximum absolute atomic E-state index is 14.5. The molecule has 0 radical (unpaired) electrons. The second kappa shape index (κ2) is 8.92. The summed E-state index contributed by atoms with van der Waals surface area (Å²) in [5.41, 5.74) is 6.06. The molecule has 12 heteroatoms. The zero-order valence-electron chi connectivity index (χ0n) is 16.7. The van der Waals surface area contributed by atoms with E-state index in [2.05, 4.69) is 25.6 Å². The number of pyridine rings is 1. The number of hydrogen-bond acceptors (Lipinski definition) is 8. The Morgan fingerprint density at radius 1 is 1.19 bits per heavy atom. The molecular weight excluding hydrogens is 425 g/mol. The van der Waals surface area contributed by atoms with E-state index in [0.717, 1.165) is 10.6 Å². The van der Waals surface area contributed by atoms with Crippen molar-refractivity contribution in [2.75, 3.05) is 28.2 Å². The number of carbonyl (C=O) groups excluding carboxylic acids is 1. The molecule has 0 unspecified atom stereocenters. The summed E-state index contributed by atoms with van der Waals surface area (Å²) < 4.78 is 39.4. The monoisotopic (exact) mass is 445 g/mol. The van der Waals surface area contributed by atoms with Crippen LogP contribution in [0.4, 0.5) is 27.4 Å². The lowest BCUT2D eigenvalue weighted by Gasteiger charge is -2.21. The number of primary amides is 1. The molecule has 0 aliphatic rings. The molecule has 2 aromatic heterocycles. The fourth-order valence-corrected chi connectivity index (χ4v) is 3.27. The third kappa shape index (κ3) is 5.22. The number of benzene rings is 1. The van der Waals surface area contributed by atoms with E-state index in [-0.39, 0.29) is 29.0 Å². The quantitative estimate of drug-likeness (QED) is 0.477. The van der Waals surface area contributed by atoms with Crippen LogP contribution in [0, 0.1) is 5.82 Å². The minimum Gasteiger partial charge on any atom is -0.380 e. The van der Waals surface area contributed by atoms with Crippen molar-refractivity contribution < 1.29 is 17.6 Å². The van der Waals surface area contributed by atoms with E-state index in [1.165, 1.54) is 56.1 Å². The van der Waals surface area contributed by atoms with Crippen molar-refractivity contribution in [3.8, 4) is 0 Å². The van der Waals surface area contributed by atoms with Crippen molar-refractivity contribution in [1.29, 1.82) is 0 Å². The van der Waals surface area contributed by atoms with Crippen LogP contribution in [0.1, 0.15) is 15.9 Å². The van der Waals surface area contributed by atoms with Gasteiger partial charge in [-0.05, 0) is 12.1 Å². The minimum absolute atomic E-state index is 0.0825. The van der Waals surface area contributed by atoms with E-state index in [4.69, 9.17) is 5.73 Å². The predicted octanol–water partition coefficient (Wildman–Crippen LogP) is 1.86. The highest BCUT2D eigenvalue weighted by Crippen LogP contribution is 2.27. The molecule has 0 saturated heterocycles. The van der Waals surface area contributed by atoms with E-state index in [0.29, 0.717) is 11.6 Å². The molecule has 162 valence electrons. The fraction of sp³-hybridized carbons (Fsp3) is 0.158. The molecule has 0 bridgehead atoms. The Labute approximate surface area is 178 Å². The number of rotatable bonds is 8. The molecule has 1 amide bonds. The Hall–Kier alpha value is -3.80. The fourth-order valence-electron chi connectivity index (χ4n) is 2.74. The zero-order valence-corrected chi connectivity index (χ0v) is 17.5. The number of halogens is 1. The second-order valence-corrected chi connectivity index (χ2v) is 8.53. The van der Waals surface area contributed by atoms with Gasteiger partial charge in [-0.3, -0.25) is 14.1 Å². The number of aromatic nitrogens is 3. The van der Waals surface area contributed by atoms with Crippen LogP contribution in [-0.4, -0.2) is 42.6 Å². The predicted molar refractivity (Wildman–Crippen MR) is 115 cm³/mol. The maximum atomic E-state index is 14.5. The van der Waals surface area contributed by atoms with E-state index < -0.39 is 21.7 Å². The molecule has 0 atom stereocenters. The first-order valence-electron chi connectivity index (χ1n) is 8.95. The van der Waals surface area contributed by atoms with Crippen LogP contribution >= 0.6 is 0 Å². The van der Waals surface area contributed by atoms with E-state index in [9.17, 15) is 17.6 Å². The maximum Gasteiger partial charge on any atom is 0.252 e. The second-order valence-electron chi connectivity index (χ2n) is 6.52. The van der Waals surface area contributed by atoms with Gasteiger partial charge >= 0.3 is 0 Å². The van der Waals surface area contributed by atoms with Crippen LogP contribution in [0.5, 0.6) is 0 Å². The summed E-state index contributed by atoms with van der Waals surface area (Å²) in [6.45, 7) is -0.114. The third-order valence-electron chi connectivity index (χ3n) is 4.38. The van der Waals surface area contributed by atoms with Crippen molar-refractivity contribution in [3.63, 3.8) is 0 Å². The van der Waals surface area contributed by atoms with E-state index in [1.807, 2.05) is 0 Å². The van der Waals surface area contributed by atoms with E-state index >= 15 is 0 Å². The van der Waals surface area contributed by atoms with Gasteiger partial charge < -0.3 is 16.4 Å². The number of nitrogens with zero attached hydrogens (tertiary/aromatic N) is 4. The summed E-state index contributed by atoms with van der Waals surface area (Å²) in [7, 11) is -2.28. The molecule has 0 aliphatic carbocycles. The Morgan fingerprint density at radius 2 is 1.97 bits per heavy atom. The Morgan fingerprint density at radius 3 is 2.61 bits per heavy atom. The summed E-state index contributed by atoms with van der Waals surface area (Å²) in [5.74, 6) is -0.565. The number of anilines is 4. The van der Waals surface area contributed by atoms with Crippen molar-refractivity contribution in [3.05, 3.63) is 66.0 Å². The number of sulfonamides is 1.